The van der Waals surface area contributed by atoms with E-state index in [4.69, 9.17) is 9.84 Å². The highest BCUT2D eigenvalue weighted by atomic mass is 19.1. The van der Waals surface area contributed by atoms with Crippen LogP contribution in [-0.4, -0.2) is 41.5 Å². The van der Waals surface area contributed by atoms with Crippen LogP contribution >= 0.6 is 0 Å². The molecular formula is C24H28FN3O. The fourth-order valence-corrected chi connectivity index (χ4v) is 4.11. The van der Waals surface area contributed by atoms with Gasteiger partial charge in [0.2, 0.25) is 0 Å². The van der Waals surface area contributed by atoms with E-state index in [0.717, 1.165) is 48.7 Å². The molecule has 4 rings (SSSR count). The fourth-order valence-electron chi connectivity index (χ4n) is 4.11. The lowest BCUT2D eigenvalue weighted by Gasteiger charge is -2.32. The van der Waals surface area contributed by atoms with Gasteiger partial charge in [0, 0.05) is 37.5 Å². The summed E-state index contributed by atoms with van der Waals surface area (Å²) in [5.74, 6) is 0.349. The van der Waals surface area contributed by atoms with Gasteiger partial charge in [-0.1, -0.05) is 17.7 Å². The Bertz CT molecular complexity index is 932. The molecule has 152 valence electrons. The molecule has 29 heavy (non-hydrogen) atoms. The van der Waals surface area contributed by atoms with Crippen LogP contribution in [0.25, 0.3) is 16.9 Å². The van der Waals surface area contributed by atoms with Gasteiger partial charge in [-0.15, -0.1) is 0 Å². The van der Waals surface area contributed by atoms with Gasteiger partial charge in [-0.2, -0.15) is 5.10 Å². The number of piperidine rings is 1. The Morgan fingerprint density at radius 2 is 1.86 bits per heavy atom. The third kappa shape index (κ3) is 4.74. The molecule has 2 aromatic carbocycles. The van der Waals surface area contributed by atoms with E-state index in [1.54, 1.807) is 7.11 Å². The summed E-state index contributed by atoms with van der Waals surface area (Å²) < 4.78 is 20.8. The van der Waals surface area contributed by atoms with Crippen molar-refractivity contribution < 1.29 is 9.13 Å². The molecule has 3 aromatic rings. The number of halogens is 1. The molecule has 1 fully saturated rings. The Kier molecular flexibility index (Phi) is 6.07. The number of hydrogen-bond acceptors (Lipinski definition) is 3. The zero-order valence-corrected chi connectivity index (χ0v) is 17.1. The summed E-state index contributed by atoms with van der Waals surface area (Å²) >= 11 is 0. The van der Waals surface area contributed by atoms with E-state index in [2.05, 4.69) is 42.3 Å². The predicted molar refractivity (Wildman–Crippen MR) is 114 cm³/mol. The van der Waals surface area contributed by atoms with Crippen molar-refractivity contribution in [3.8, 4) is 16.9 Å². The van der Waals surface area contributed by atoms with Gasteiger partial charge in [0.25, 0.3) is 0 Å². The molecule has 0 spiro atoms. The highest BCUT2D eigenvalue weighted by molar-refractivity contribution is 5.63. The SMILES string of the molecule is COC[C@H]1CCCN(Cc2cn(-c3ccc(C)cc3)nc2-c2ccc(F)cc2)C1. The normalized spacial score (nSPS) is 17.6. The monoisotopic (exact) mass is 393 g/mol. The topological polar surface area (TPSA) is 30.3 Å². The van der Waals surface area contributed by atoms with Crippen LogP contribution in [0.1, 0.15) is 24.0 Å². The van der Waals surface area contributed by atoms with Gasteiger partial charge in [0.1, 0.15) is 5.82 Å². The average Bonchev–Trinajstić information content (AvgIpc) is 3.13. The minimum atomic E-state index is -0.230. The van der Waals surface area contributed by atoms with E-state index in [1.165, 1.54) is 30.5 Å². The smallest absolute Gasteiger partial charge is 0.123 e. The maximum Gasteiger partial charge on any atom is 0.123 e. The Morgan fingerprint density at radius 1 is 1.10 bits per heavy atom. The molecule has 1 aliphatic heterocycles. The second-order valence-corrected chi connectivity index (χ2v) is 7.99. The van der Waals surface area contributed by atoms with Crippen LogP contribution < -0.4 is 0 Å². The molecule has 5 heteroatoms. The van der Waals surface area contributed by atoms with Crippen LogP contribution in [0.15, 0.2) is 54.7 Å². The molecule has 0 aliphatic carbocycles. The molecule has 4 nitrogen and oxygen atoms in total. The first-order valence-electron chi connectivity index (χ1n) is 10.2. The van der Waals surface area contributed by atoms with E-state index in [-0.39, 0.29) is 5.82 Å². The molecule has 1 aliphatic rings. The van der Waals surface area contributed by atoms with Crippen LogP contribution in [0.4, 0.5) is 4.39 Å². The van der Waals surface area contributed by atoms with Gasteiger partial charge < -0.3 is 4.74 Å². The molecule has 0 unspecified atom stereocenters. The molecule has 0 saturated carbocycles. The van der Waals surface area contributed by atoms with E-state index in [1.807, 2.05) is 16.8 Å². The van der Waals surface area contributed by atoms with Crippen molar-refractivity contribution in [2.45, 2.75) is 26.3 Å². The number of aryl methyl sites for hydroxylation is 1. The third-order valence-corrected chi connectivity index (χ3v) is 5.61. The van der Waals surface area contributed by atoms with E-state index in [0.29, 0.717) is 5.92 Å². The summed E-state index contributed by atoms with van der Waals surface area (Å²) in [6, 6.07) is 15.0. The summed E-state index contributed by atoms with van der Waals surface area (Å²) in [5, 5.41) is 4.87. The molecule has 1 atom stereocenters. The summed E-state index contributed by atoms with van der Waals surface area (Å²) in [4.78, 5) is 2.48. The van der Waals surface area contributed by atoms with Crippen molar-refractivity contribution in [3.63, 3.8) is 0 Å². The number of rotatable bonds is 6. The van der Waals surface area contributed by atoms with E-state index in [9.17, 15) is 4.39 Å². The average molecular weight is 394 g/mol. The third-order valence-electron chi connectivity index (χ3n) is 5.61. The quantitative estimate of drug-likeness (QED) is 0.600. The fraction of sp³-hybridized carbons (Fsp3) is 0.375. The van der Waals surface area contributed by atoms with Crippen molar-refractivity contribution in [1.82, 2.24) is 14.7 Å². The molecule has 0 radical (unpaired) electrons. The van der Waals surface area contributed by atoms with Crippen molar-refractivity contribution in [3.05, 3.63) is 71.7 Å². The highest BCUT2D eigenvalue weighted by Gasteiger charge is 2.22. The molecule has 1 saturated heterocycles. The number of aromatic nitrogens is 2. The first kappa shape index (κ1) is 19.8. The van der Waals surface area contributed by atoms with Gasteiger partial charge >= 0.3 is 0 Å². The van der Waals surface area contributed by atoms with Crippen LogP contribution in [0.5, 0.6) is 0 Å². The largest absolute Gasteiger partial charge is 0.384 e. The highest BCUT2D eigenvalue weighted by Crippen LogP contribution is 2.27. The standard InChI is InChI=1S/C24H28FN3O/c1-18-5-11-23(12-6-18)28-16-21(15-27-13-3-4-19(14-27)17-29-2)24(26-28)20-7-9-22(25)10-8-20/h5-12,16,19H,3-4,13-15,17H2,1-2H3/t19-/m0/s1. The van der Waals surface area contributed by atoms with E-state index >= 15 is 0 Å². The first-order valence-corrected chi connectivity index (χ1v) is 10.2. The number of likely N-dealkylation sites (tertiary alicyclic amines) is 1. The van der Waals surface area contributed by atoms with Crippen molar-refractivity contribution in [1.29, 1.82) is 0 Å². The van der Waals surface area contributed by atoms with Crippen LogP contribution in [-0.2, 0) is 11.3 Å². The number of ether oxygens (including phenoxy) is 1. The van der Waals surface area contributed by atoms with Gasteiger partial charge in [-0.25, -0.2) is 9.07 Å². The maximum atomic E-state index is 13.5. The maximum absolute atomic E-state index is 13.5. The Morgan fingerprint density at radius 3 is 2.59 bits per heavy atom. The predicted octanol–water partition coefficient (Wildman–Crippen LogP) is 4.85. The van der Waals surface area contributed by atoms with E-state index < -0.39 is 0 Å². The second kappa shape index (κ2) is 8.89. The van der Waals surface area contributed by atoms with Gasteiger partial charge in [-0.05, 0) is 68.6 Å². The summed E-state index contributed by atoms with van der Waals surface area (Å²) in [7, 11) is 1.77. The lowest BCUT2D eigenvalue weighted by Crippen LogP contribution is -2.36. The summed E-state index contributed by atoms with van der Waals surface area (Å²) in [6.45, 7) is 5.84. The number of nitrogens with zero attached hydrogens (tertiary/aromatic N) is 3. The molecule has 0 amide bonds. The number of methoxy groups -OCH3 is 1. The zero-order valence-electron chi connectivity index (χ0n) is 17.1. The minimum absolute atomic E-state index is 0.230. The minimum Gasteiger partial charge on any atom is -0.384 e. The Balaban J connectivity index is 1.65. The molecule has 1 aromatic heterocycles. The van der Waals surface area contributed by atoms with Crippen LogP contribution in [0.2, 0.25) is 0 Å². The molecule has 2 heterocycles. The van der Waals surface area contributed by atoms with Gasteiger partial charge in [-0.3, -0.25) is 4.90 Å². The molecule has 0 bridgehead atoms. The zero-order chi connectivity index (χ0) is 20.2. The number of benzene rings is 2. The second-order valence-electron chi connectivity index (χ2n) is 7.99. The Labute approximate surface area is 171 Å². The van der Waals surface area contributed by atoms with Crippen molar-refractivity contribution in [2.75, 3.05) is 26.8 Å². The first-order chi connectivity index (χ1) is 14.1. The summed E-state index contributed by atoms with van der Waals surface area (Å²) in [5.41, 5.74) is 5.27. The molecular weight excluding hydrogens is 365 g/mol. The van der Waals surface area contributed by atoms with Crippen molar-refractivity contribution >= 4 is 0 Å². The van der Waals surface area contributed by atoms with Crippen molar-refractivity contribution in [2.24, 2.45) is 5.92 Å². The van der Waals surface area contributed by atoms with Gasteiger partial charge in [0.05, 0.1) is 18.0 Å². The van der Waals surface area contributed by atoms with Gasteiger partial charge in [0.15, 0.2) is 0 Å². The number of hydrogen-bond donors (Lipinski definition) is 0. The lowest BCUT2D eigenvalue weighted by atomic mass is 9.98. The lowest BCUT2D eigenvalue weighted by molar-refractivity contribution is 0.0874. The van der Waals surface area contributed by atoms with Crippen LogP contribution in [0.3, 0.4) is 0 Å². The molecule has 0 N–H and O–H groups in total. The van der Waals surface area contributed by atoms with Crippen LogP contribution in [0, 0.1) is 18.7 Å². The summed E-state index contributed by atoms with van der Waals surface area (Å²) in [6.07, 6.45) is 4.52. The Hall–Kier alpha value is -2.50.